The number of aromatic nitrogens is 4. The van der Waals surface area contributed by atoms with E-state index in [1.807, 2.05) is 55.5 Å². The number of nitrogens with zero attached hydrogens (tertiary/aromatic N) is 3. The van der Waals surface area contributed by atoms with Crippen molar-refractivity contribution in [3.05, 3.63) is 54.1 Å². The summed E-state index contributed by atoms with van der Waals surface area (Å²) >= 11 is 1.34. The van der Waals surface area contributed by atoms with Crippen molar-refractivity contribution >= 4 is 45.4 Å². The minimum atomic E-state index is -0.298. The first-order valence-electron chi connectivity index (χ1n) is 9.36. The van der Waals surface area contributed by atoms with Crippen molar-refractivity contribution in [3.63, 3.8) is 0 Å². The van der Waals surface area contributed by atoms with Gasteiger partial charge in [0.05, 0.1) is 5.25 Å². The van der Waals surface area contributed by atoms with Crippen molar-refractivity contribution < 1.29 is 4.79 Å². The lowest BCUT2D eigenvalue weighted by Crippen LogP contribution is -2.25. The van der Waals surface area contributed by atoms with E-state index in [2.05, 4.69) is 32.4 Å². The highest BCUT2D eigenvalue weighted by Gasteiger charge is 2.21. The van der Waals surface area contributed by atoms with Crippen LogP contribution in [0.15, 0.2) is 53.7 Å². The molecule has 4 aromatic rings. The lowest BCUT2D eigenvalue weighted by atomic mass is 10.1. The molecule has 2 heterocycles. The van der Waals surface area contributed by atoms with Crippen molar-refractivity contribution in [2.24, 2.45) is 0 Å². The van der Waals surface area contributed by atoms with E-state index in [4.69, 9.17) is 0 Å². The second kappa shape index (κ2) is 7.98. The Labute approximate surface area is 167 Å². The molecule has 1 unspecified atom stereocenters. The normalized spacial score (nSPS) is 12.4. The van der Waals surface area contributed by atoms with Gasteiger partial charge in [0.1, 0.15) is 5.52 Å². The highest BCUT2D eigenvalue weighted by molar-refractivity contribution is 8.00. The average Bonchev–Trinajstić information content (AvgIpc) is 3.10. The standard InChI is InChI=1S/C21H21N5OS/c1-3-13-9-5-7-11-15(13)23-20(27)17(4-2)28-21-24-19-18(25-26-21)14-10-6-8-12-16(14)22-19/h5-12,17H,3-4H2,1-2H3,(H,23,27)(H,22,24,26). The molecule has 2 aromatic carbocycles. The van der Waals surface area contributed by atoms with Gasteiger partial charge in [0.25, 0.3) is 0 Å². The van der Waals surface area contributed by atoms with E-state index in [0.29, 0.717) is 17.2 Å². The van der Waals surface area contributed by atoms with Crippen LogP contribution in [-0.2, 0) is 11.2 Å². The molecule has 0 fully saturated rings. The van der Waals surface area contributed by atoms with E-state index < -0.39 is 0 Å². The Kier molecular flexibility index (Phi) is 5.25. The molecule has 0 radical (unpaired) electrons. The molecule has 2 aromatic heterocycles. The van der Waals surface area contributed by atoms with Crippen LogP contribution >= 0.6 is 11.8 Å². The van der Waals surface area contributed by atoms with E-state index in [9.17, 15) is 4.79 Å². The zero-order chi connectivity index (χ0) is 19.5. The van der Waals surface area contributed by atoms with Crippen molar-refractivity contribution in [2.45, 2.75) is 37.1 Å². The summed E-state index contributed by atoms with van der Waals surface area (Å²) in [5, 5.41) is 12.8. The quantitative estimate of drug-likeness (QED) is 0.470. The number of carbonyl (C=O) groups excluding carboxylic acids is 1. The molecule has 6 nitrogen and oxygen atoms in total. The third-order valence-corrected chi connectivity index (χ3v) is 5.89. The van der Waals surface area contributed by atoms with Gasteiger partial charge in [-0.05, 0) is 30.5 Å². The second-order valence-corrected chi connectivity index (χ2v) is 7.65. The predicted molar refractivity (Wildman–Crippen MR) is 114 cm³/mol. The van der Waals surface area contributed by atoms with Crippen LogP contribution in [0.1, 0.15) is 25.8 Å². The number of nitrogens with one attached hydrogen (secondary N) is 2. The number of carbonyl (C=O) groups is 1. The van der Waals surface area contributed by atoms with Crippen LogP contribution in [0.25, 0.3) is 22.1 Å². The molecule has 2 N–H and O–H groups in total. The lowest BCUT2D eigenvalue weighted by Gasteiger charge is -2.15. The van der Waals surface area contributed by atoms with Gasteiger partial charge in [0, 0.05) is 16.6 Å². The summed E-state index contributed by atoms with van der Waals surface area (Å²) < 4.78 is 0. The number of fused-ring (bicyclic) bond motifs is 3. The van der Waals surface area contributed by atoms with E-state index in [0.717, 1.165) is 34.1 Å². The molecule has 0 aliphatic rings. The molecular weight excluding hydrogens is 370 g/mol. The SMILES string of the molecule is CCc1ccccc1NC(=O)C(CC)Sc1nnc2c(n1)[nH]c1ccccc12. The number of aryl methyl sites for hydroxylation is 1. The molecule has 0 saturated carbocycles. The number of anilines is 1. The van der Waals surface area contributed by atoms with Crippen LogP contribution in [0.2, 0.25) is 0 Å². The second-order valence-electron chi connectivity index (χ2n) is 6.48. The van der Waals surface area contributed by atoms with Crippen molar-refractivity contribution in [2.75, 3.05) is 5.32 Å². The molecule has 7 heteroatoms. The maximum absolute atomic E-state index is 12.8. The summed E-state index contributed by atoms with van der Waals surface area (Å²) in [6.45, 7) is 4.06. The minimum Gasteiger partial charge on any atom is -0.338 e. The predicted octanol–water partition coefficient (Wildman–Crippen LogP) is 4.58. The Hall–Kier alpha value is -2.93. The number of thioether (sulfide) groups is 1. The molecular formula is C21H21N5OS. The van der Waals surface area contributed by atoms with Crippen LogP contribution in [0, 0.1) is 0 Å². The molecule has 4 rings (SSSR count). The fourth-order valence-corrected chi connectivity index (χ4v) is 3.99. The van der Waals surface area contributed by atoms with Crippen LogP contribution in [-0.4, -0.2) is 31.3 Å². The Morgan fingerprint density at radius 2 is 1.89 bits per heavy atom. The van der Waals surface area contributed by atoms with Crippen molar-refractivity contribution in [1.29, 1.82) is 0 Å². The Bertz CT molecular complexity index is 1140. The molecule has 0 bridgehead atoms. The van der Waals surface area contributed by atoms with E-state index in [1.165, 1.54) is 11.8 Å². The van der Waals surface area contributed by atoms with Gasteiger partial charge in [-0.2, -0.15) is 0 Å². The topological polar surface area (TPSA) is 83.6 Å². The van der Waals surface area contributed by atoms with E-state index >= 15 is 0 Å². The van der Waals surface area contributed by atoms with Gasteiger partial charge in [0.15, 0.2) is 5.65 Å². The summed E-state index contributed by atoms with van der Waals surface area (Å²) in [7, 11) is 0. The smallest absolute Gasteiger partial charge is 0.237 e. The van der Waals surface area contributed by atoms with E-state index in [1.54, 1.807) is 0 Å². The minimum absolute atomic E-state index is 0.0475. The highest BCUT2D eigenvalue weighted by atomic mass is 32.2. The number of H-pyrrole nitrogens is 1. The molecule has 1 atom stereocenters. The van der Waals surface area contributed by atoms with Crippen LogP contribution in [0.5, 0.6) is 0 Å². The van der Waals surface area contributed by atoms with Crippen LogP contribution in [0.3, 0.4) is 0 Å². The van der Waals surface area contributed by atoms with Gasteiger partial charge >= 0.3 is 0 Å². The van der Waals surface area contributed by atoms with Gasteiger partial charge in [-0.1, -0.05) is 62.0 Å². The zero-order valence-corrected chi connectivity index (χ0v) is 16.6. The maximum atomic E-state index is 12.8. The van der Waals surface area contributed by atoms with Gasteiger partial charge in [0.2, 0.25) is 11.1 Å². The average molecular weight is 392 g/mol. The van der Waals surface area contributed by atoms with Gasteiger partial charge in [-0.15, -0.1) is 10.2 Å². The third kappa shape index (κ3) is 3.57. The zero-order valence-electron chi connectivity index (χ0n) is 15.8. The first kappa shape index (κ1) is 18.4. The third-order valence-electron chi connectivity index (χ3n) is 4.67. The highest BCUT2D eigenvalue weighted by Crippen LogP contribution is 2.27. The molecule has 142 valence electrons. The molecule has 0 aliphatic carbocycles. The number of hydrogen-bond donors (Lipinski definition) is 2. The summed E-state index contributed by atoms with van der Waals surface area (Å²) in [6.07, 6.45) is 1.53. The van der Waals surface area contributed by atoms with Crippen molar-refractivity contribution in [3.8, 4) is 0 Å². The summed E-state index contributed by atoms with van der Waals surface area (Å²) in [5.74, 6) is -0.0475. The number of rotatable bonds is 6. The summed E-state index contributed by atoms with van der Waals surface area (Å²) in [5.41, 5.74) is 4.38. The van der Waals surface area contributed by atoms with Gasteiger partial charge < -0.3 is 10.3 Å². The molecule has 0 aliphatic heterocycles. The first-order valence-corrected chi connectivity index (χ1v) is 10.2. The van der Waals surface area contributed by atoms with Crippen LogP contribution in [0.4, 0.5) is 5.69 Å². The fourth-order valence-electron chi connectivity index (χ4n) is 3.17. The number of para-hydroxylation sites is 2. The molecule has 28 heavy (non-hydrogen) atoms. The number of aromatic amines is 1. The van der Waals surface area contributed by atoms with E-state index in [-0.39, 0.29) is 11.2 Å². The monoisotopic (exact) mass is 391 g/mol. The maximum Gasteiger partial charge on any atom is 0.237 e. The van der Waals surface area contributed by atoms with Gasteiger partial charge in [-0.3, -0.25) is 4.79 Å². The lowest BCUT2D eigenvalue weighted by molar-refractivity contribution is -0.115. The molecule has 0 saturated heterocycles. The Morgan fingerprint density at radius 3 is 2.71 bits per heavy atom. The van der Waals surface area contributed by atoms with Crippen LogP contribution < -0.4 is 5.32 Å². The molecule has 1 amide bonds. The summed E-state index contributed by atoms with van der Waals surface area (Å²) in [6, 6.07) is 15.8. The number of benzene rings is 2. The number of hydrogen-bond acceptors (Lipinski definition) is 5. The fraction of sp³-hybridized carbons (Fsp3) is 0.238. The Balaban J connectivity index is 1.55. The number of amides is 1. The van der Waals surface area contributed by atoms with Crippen molar-refractivity contribution in [1.82, 2.24) is 20.2 Å². The largest absolute Gasteiger partial charge is 0.338 e. The molecule has 0 spiro atoms. The van der Waals surface area contributed by atoms with Gasteiger partial charge in [-0.25, -0.2) is 4.98 Å². The first-order chi connectivity index (χ1) is 13.7. The summed E-state index contributed by atoms with van der Waals surface area (Å²) in [4.78, 5) is 20.6. The Morgan fingerprint density at radius 1 is 1.11 bits per heavy atom.